The molecule has 3 nitrogen and oxygen atoms in total. The number of ether oxygens (including phenoxy) is 1. The van der Waals surface area contributed by atoms with E-state index >= 15 is 0 Å². The molecule has 1 aliphatic carbocycles. The van der Waals surface area contributed by atoms with Gasteiger partial charge in [0.25, 0.3) is 0 Å². The van der Waals surface area contributed by atoms with Crippen molar-refractivity contribution in [3.63, 3.8) is 0 Å². The molecule has 3 fully saturated rings. The number of nitrogens with one attached hydrogen (secondary N) is 1. The molecular weight excluding hydrogens is 224 g/mol. The molecule has 0 aromatic heterocycles. The van der Waals surface area contributed by atoms with Crippen LogP contribution in [0.1, 0.15) is 45.4 Å². The molecule has 3 heteroatoms. The van der Waals surface area contributed by atoms with Gasteiger partial charge in [-0.1, -0.05) is 6.92 Å². The second-order valence-corrected chi connectivity index (χ2v) is 6.55. The van der Waals surface area contributed by atoms with Crippen molar-refractivity contribution in [3.8, 4) is 0 Å². The Morgan fingerprint density at radius 1 is 1.22 bits per heavy atom. The molecule has 0 aromatic carbocycles. The molecule has 3 rings (SSSR count). The number of nitrogens with zero attached hydrogens (tertiary/aromatic N) is 1. The lowest BCUT2D eigenvalue weighted by Crippen LogP contribution is -2.37. The van der Waals surface area contributed by atoms with Crippen molar-refractivity contribution in [3.05, 3.63) is 0 Å². The normalized spacial score (nSPS) is 36.5. The van der Waals surface area contributed by atoms with E-state index in [1.54, 1.807) is 0 Å². The Morgan fingerprint density at radius 3 is 2.83 bits per heavy atom. The first-order valence-electron chi connectivity index (χ1n) is 7.86. The van der Waals surface area contributed by atoms with Gasteiger partial charge in [-0.2, -0.15) is 0 Å². The standard InChI is InChI=1S/C15H28N2O/c1-2-16-13-3-4-14(11-13)17-8-5-15(12-17)6-9-18-10-7-15/h13-14,16H,2-12H2,1H3. The summed E-state index contributed by atoms with van der Waals surface area (Å²) in [5, 5.41) is 3.62. The summed E-state index contributed by atoms with van der Waals surface area (Å²) in [4.78, 5) is 2.79. The van der Waals surface area contributed by atoms with Gasteiger partial charge in [0.15, 0.2) is 0 Å². The van der Waals surface area contributed by atoms with Crippen LogP contribution in [0.4, 0.5) is 0 Å². The fourth-order valence-corrected chi connectivity index (χ4v) is 4.26. The summed E-state index contributed by atoms with van der Waals surface area (Å²) in [6.07, 6.45) is 8.17. The molecule has 2 aliphatic heterocycles. The summed E-state index contributed by atoms with van der Waals surface area (Å²) >= 11 is 0. The first-order valence-corrected chi connectivity index (χ1v) is 7.86. The second-order valence-electron chi connectivity index (χ2n) is 6.55. The molecule has 0 amide bonds. The van der Waals surface area contributed by atoms with Gasteiger partial charge in [-0.25, -0.2) is 0 Å². The number of hydrogen-bond acceptors (Lipinski definition) is 3. The van der Waals surface area contributed by atoms with Crippen LogP contribution < -0.4 is 5.32 Å². The molecule has 104 valence electrons. The topological polar surface area (TPSA) is 24.5 Å². The summed E-state index contributed by atoms with van der Waals surface area (Å²) in [6.45, 7) is 8.03. The molecule has 1 N–H and O–H groups in total. The molecule has 0 radical (unpaired) electrons. The van der Waals surface area contributed by atoms with Crippen LogP contribution in [-0.4, -0.2) is 49.8 Å². The molecular formula is C15H28N2O. The van der Waals surface area contributed by atoms with Crippen LogP contribution in [0.2, 0.25) is 0 Å². The zero-order valence-electron chi connectivity index (χ0n) is 11.8. The van der Waals surface area contributed by atoms with Crippen LogP contribution >= 0.6 is 0 Å². The Kier molecular flexibility index (Phi) is 3.92. The van der Waals surface area contributed by atoms with Gasteiger partial charge in [-0.15, -0.1) is 0 Å². The van der Waals surface area contributed by atoms with Gasteiger partial charge >= 0.3 is 0 Å². The van der Waals surface area contributed by atoms with Crippen molar-refractivity contribution in [1.82, 2.24) is 10.2 Å². The van der Waals surface area contributed by atoms with E-state index in [4.69, 9.17) is 4.74 Å². The highest BCUT2D eigenvalue weighted by Gasteiger charge is 2.42. The summed E-state index contributed by atoms with van der Waals surface area (Å²) < 4.78 is 5.54. The van der Waals surface area contributed by atoms with E-state index in [1.807, 2.05) is 0 Å². The van der Waals surface area contributed by atoms with E-state index in [0.29, 0.717) is 5.41 Å². The van der Waals surface area contributed by atoms with Gasteiger partial charge in [0, 0.05) is 31.8 Å². The Morgan fingerprint density at radius 2 is 2.06 bits per heavy atom. The molecule has 2 saturated heterocycles. The average molecular weight is 252 g/mol. The van der Waals surface area contributed by atoms with E-state index in [-0.39, 0.29) is 0 Å². The van der Waals surface area contributed by atoms with Crippen molar-refractivity contribution < 1.29 is 4.74 Å². The van der Waals surface area contributed by atoms with Gasteiger partial charge in [-0.3, -0.25) is 4.90 Å². The molecule has 1 spiro atoms. The minimum Gasteiger partial charge on any atom is -0.381 e. The minimum atomic E-state index is 0.620. The van der Waals surface area contributed by atoms with Gasteiger partial charge in [0.05, 0.1) is 0 Å². The van der Waals surface area contributed by atoms with E-state index in [1.165, 1.54) is 51.6 Å². The van der Waals surface area contributed by atoms with E-state index in [9.17, 15) is 0 Å². The number of rotatable bonds is 3. The maximum atomic E-state index is 5.54. The lowest BCUT2D eigenvalue weighted by Gasteiger charge is -2.34. The third-order valence-electron chi connectivity index (χ3n) is 5.44. The van der Waals surface area contributed by atoms with E-state index < -0.39 is 0 Å². The lowest BCUT2D eigenvalue weighted by atomic mass is 9.80. The monoisotopic (exact) mass is 252 g/mol. The highest BCUT2D eigenvalue weighted by Crippen LogP contribution is 2.42. The van der Waals surface area contributed by atoms with Gasteiger partial charge in [0.1, 0.15) is 0 Å². The quantitative estimate of drug-likeness (QED) is 0.831. The fraction of sp³-hybridized carbons (Fsp3) is 1.00. The predicted octanol–water partition coefficient (Wildman–Crippen LogP) is 2.02. The first kappa shape index (κ1) is 12.9. The highest BCUT2D eigenvalue weighted by atomic mass is 16.5. The number of likely N-dealkylation sites (tertiary alicyclic amines) is 1. The average Bonchev–Trinajstić information content (AvgIpc) is 2.99. The van der Waals surface area contributed by atoms with Crippen LogP contribution in [0.25, 0.3) is 0 Å². The molecule has 1 saturated carbocycles. The van der Waals surface area contributed by atoms with Crippen molar-refractivity contribution in [2.45, 2.75) is 57.5 Å². The Hall–Kier alpha value is -0.120. The summed E-state index contributed by atoms with van der Waals surface area (Å²) in [7, 11) is 0. The van der Waals surface area contributed by atoms with E-state index in [0.717, 1.165) is 31.8 Å². The molecule has 18 heavy (non-hydrogen) atoms. The number of hydrogen-bond donors (Lipinski definition) is 1. The van der Waals surface area contributed by atoms with Gasteiger partial charge in [0.2, 0.25) is 0 Å². The van der Waals surface area contributed by atoms with Crippen LogP contribution in [0.5, 0.6) is 0 Å². The van der Waals surface area contributed by atoms with Crippen LogP contribution in [0, 0.1) is 5.41 Å². The summed E-state index contributed by atoms with van der Waals surface area (Å²) in [5.41, 5.74) is 0.620. The predicted molar refractivity (Wildman–Crippen MR) is 73.8 cm³/mol. The molecule has 0 aromatic rings. The Labute approximate surface area is 111 Å². The Balaban J connectivity index is 1.53. The zero-order chi connectivity index (χ0) is 12.4. The Bertz CT molecular complexity index is 276. The summed E-state index contributed by atoms with van der Waals surface area (Å²) in [6, 6.07) is 1.64. The largest absolute Gasteiger partial charge is 0.381 e. The van der Waals surface area contributed by atoms with Crippen molar-refractivity contribution in [1.29, 1.82) is 0 Å². The lowest BCUT2D eigenvalue weighted by molar-refractivity contribution is 0.0172. The molecule has 2 heterocycles. The zero-order valence-corrected chi connectivity index (χ0v) is 11.8. The fourth-order valence-electron chi connectivity index (χ4n) is 4.26. The molecule has 2 unspecified atom stereocenters. The third-order valence-corrected chi connectivity index (χ3v) is 5.44. The SMILES string of the molecule is CCNC1CCC(N2CCC3(CCOCC3)C2)C1. The second kappa shape index (κ2) is 5.48. The third kappa shape index (κ3) is 2.59. The van der Waals surface area contributed by atoms with Crippen LogP contribution in [0.15, 0.2) is 0 Å². The molecule has 0 bridgehead atoms. The summed E-state index contributed by atoms with van der Waals surface area (Å²) in [5.74, 6) is 0. The van der Waals surface area contributed by atoms with Gasteiger partial charge in [-0.05, 0) is 57.0 Å². The first-order chi connectivity index (χ1) is 8.81. The van der Waals surface area contributed by atoms with Gasteiger partial charge < -0.3 is 10.1 Å². The van der Waals surface area contributed by atoms with E-state index in [2.05, 4.69) is 17.1 Å². The van der Waals surface area contributed by atoms with Crippen molar-refractivity contribution in [2.24, 2.45) is 5.41 Å². The maximum Gasteiger partial charge on any atom is 0.0471 e. The molecule has 2 atom stereocenters. The smallest absolute Gasteiger partial charge is 0.0471 e. The van der Waals surface area contributed by atoms with Crippen molar-refractivity contribution in [2.75, 3.05) is 32.8 Å². The maximum absolute atomic E-state index is 5.54. The minimum absolute atomic E-state index is 0.620. The molecule has 3 aliphatic rings. The highest BCUT2D eigenvalue weighted by molar-refractivity contribution is 4.96. The van der Waals surface area contributed by atoms with Crippen LogP contribution in [-0.2, 0) is 4.74 Å². The van der Waals surface area contributed by atoms with Crippen molar-refractivity contribution >= 4 is 0 Å². The van der Waals surface area contributed by atoms with Crippen LogP contribution in [0.3, 0.4) is 0 Å².